The summed E-state index contributed by atoms with van der Waals surface area (Å²) in [6, 6.07) is 4.40. The van der Waals surface area contributed by atoms with Gasteiger partial charge in [0.05, 0.1) is 0 Å². The molecule has 1 aliphatic carbocycles. The number of hydrogen-bond donors (Lipinski definition) is 1. The standard InChI is InChI=1S/C10H15B4NO2/c11-7-3-1-5-6(17-10(13,14)16-5)2-4(3)8(12)9(7)15/h1-2,7-9H,11-15H2. The van der Waals surface area contributed by atoms with Crippen molar-refractivity contribution in [3.05, 3.63) is 23.3 Å². The Hall–Kier alpha value is -0.960. The molecule has 1 aliphatic heterocycles. The van der Waals surface area contributed by atoms with E-state index in [1.54, 1.807) is 0 Å². The van der Waals surface area contributed by atoms with Crippen LogP contribution in [0, 0.1) is 0 Å². The zero-order valence-corrected chi connectivity index (χ0v) is 10.8. The van der Waals surface area contributed by atoms with Crippen LogP contribution in [-0.2, 0) is 0 Å². The van der Waals surface area contributed by atoms with E-state index in [0.29, 0.717) is 11.6 Å². The van der Waals surface area contributed by atoms with Crippen molar-refractivity contribution in [1.29, 1.82) is 0 Å². The molecule has 2 unspecified atom stereocenters. The lowest BCUT2D eigenvalue weighted by molar-refractivity contribution is 0.0833. The van der Waals surface area contributed by atoms with Crippen LogP contribution in [0.5, 0.6) is 11.5 Å². The molecule has 1 aromatic rings. The normalized spacial score (nSPS) is 32.4. The Bertz CT molecular complexity index is 452. The summed E-state index contributed by atoms with van der Waals surface area (Å²) >= 11 is 0. The number of hydrogen-bond acceptors (Lipinski definition) is 3. The van der Waals surface area contributed by atoms with E-state index in [1.165, 1.54) is 11.1 Å². The van der Waals surface area contributed by atoms with Gasteiger partial charge in [0, 0.05) is 6.04 Å². The Morgan fingerprint density at radius 3 is 1.82 bits per heavy atom. The van der Waals surface area contributed by atoms with E-state index >= 15 is 0 Å². The van der Waals surface area contributed by atoms with E-state index in [2.05, 4.69) is 27.8 Å². The van der Waals surface area contributed by atoms with Crippen LogP contribution < -0.4 is 15.2 Å². The minimum Gasteiger partial charge on any atom is -0.467 e. The fourth-order valence-electron chi connectivity index (χ4n) is 2.94. The highest BCUT2D eigenvalue weighted by molar-refractivity contribution is 6.38. The van der Waals surface area contributed by atoms with Crippen LogP contribution in [0.3, 0.4) is 0 Å². The predicted molar refractivity (Wildman–Crippen MR) is 78.1 cm³/mol. The highest BCUT2D eigenvalue weighted by atomic mass is 16.7. The smallest absolute Gasteiger partial charge is 0.197 e. The third-order valence-electron chi connectivity index (χ3n) is 4.00. The van der Waals surface area contributed by atoms with E-state index in [1.807, 2.05) is 15.7 Å². The molecule has 17 heavy (non-hydrogen) atoms. The molecule has 3 nitrogen and oxygen atoms in total. The van der Waals surface area contributed by atoms with Crippen molar-refractivity contribution in [3.8, 4) is 11.5 Å². The molecule has 0 amide bonds. The molecule has 2 atom stereocenters. The maximum absolute atomic E-state index is 6.20. The number of rotatable bonds is 0. The summed E-state index contributed by atoms with van der Waals surface area (Å²) in [5.41, 5.74) is 8.27. The number of benzene rings is 1. The summed E-state index contributed by atoms with van der Waals surface area (Å²) in [7, 11) is 8.22. The van der Waals surface area contributed by atoms with Gasteiger partial charge in [-0.1, -0.05) is 0 Å². The summed E-state index contributed by atoms with van der Waals surface area (Å²) in [5.74, 6) is 2.47. The summed E-state index contributed by atoms with van der Waals surface area (Å²) in [6.45, 7) is 0. The van der Waals surface area contributed by atoms with Crippen LogP contribution in [-0.4, -0.2) is 43.0 Å². The van der Waals surface area contributed by atoms with Crippen molar-refractivity contribution >= 4 is 31.4 Å². The monoisotopic (exact) mass is 225 g/mol. The van der Waals surface area contributed by atoms with Gasteiger partial charge in [-0.3, -0.25) is 0 Å². The fourth-order valence-corrected chi connectivity index (χ4v) is 2.94. The van der Waals surface area contributed by atoms with Crippen LogP contribution in [0.2, 0.25) is 0 Å². The Morgan fingerprint density at radius 2 is 1.41 bits per heavy atom. The molecular weight excluding hydrogens is 209 g/mol. The van der Waals surface area contributed by atoms with Crippen LogP contribution in [0.15, 0.2) is 12.1 Å². The maximum Gasteiger partial charge on any atom is 0.197 e. The van der Waals surface area contributed by atoms with Gasteiger partial charge in [0.2, 0.25) is 0 Å². The zero-order chi connectivity index (χ0) is 12.4. The quantitative estimate of drug-likeness (QED) is 0.479. The number of ether oxygens (including phenoxy) is 2. The van der Waals surface area contributed by atoms with Gasteiger partial charge in [-0.2, -0.15) is 0 Å². The summed E-state index contributed by atoms with van der Waals surface area (Å²) < 4.78 is 11.6. The van der Waals surface area contributed by atoms with Crippen molar-refractivity contribution in [1.82, 2.24) is 0 Å². The topological polar surface area (TPSA) is 44.5 Å². The van der Waals surface area contributed by atoms with E-state index in [0.717, 1.165) is 11.5 Å². The molecule has 1 aromatic carbocycles. The van der Waals surface area contributed by atoms with Gasteiger partial charge < -0.3 is 15.2 Å². The maximum atomic E-state index is 6.20. The third kappa shape index (κ3) is 1.52. The van der Waals surface area contributed by atoms with Gasteiger partial charge in [0.1, 0.15) is 15.7 Å². The van der Waals surface area contributed by atoms with Crippen LogP contribution in [0.25, 0.3) is 0 Å². The van der Waals surface area contributed by atoms with Crippen molar-refractivity contribution in [2.75, 3.05) is 0 Å². The van der Waals surface area contributed by atoms with Gasteiger partial charge in [-0.05, 0) is 34.9 Å². The molecule has 0 aromatic heterocycles. The van der Waals surface area contributed by atoms with Gasteiger partial charge in [-0.15, -0.1) is 0 Å². The first kappa shape index (κ1) is 11.1. The van der Waals surface area contributed by atoms with Crippen LogP contribution in [0.1, 0.15) is 22.8 Å². The van der Waals surface area contributed by atoms with Gasteiger partial charge in [0.15, 0.2) is 32.8 Å². The van der Waals surface area contributed by atoms with Gasteiger partial charge >= 0.3 is 0 Å². The highest BCUT2D eigenvalue weighted by Gasteiger charge is 2.38. The van der Waals surface area contributed by atoms with Crippen molar-refractivity contribution in [2.45, 2.75) is 23.3 Å². The Morgan fingerprint density at radius 1 is 1.00 bits per heavy atom. The first-order valence-electron chi connectivity index (χ1n) is 6.20. The molecule has 0 spiro atoms. The first-order chi connectivity index (χ1) is 7.89. The van der Waals surface area contributed by atoms with Gasteiger partial charge in [-0.25, -0.2) is 0 Å². The lowest BCUT2D eigenvalue weighted by Gasteiger charge is -2.17. The van der Waals surface area contributed by atoms with Gasteiger partial charge in [0.25, 0.3) is 0 Å². The van der Waals surface area contributed by atoms with E-state index in [4.69, 9.17) is 15.2 Å². The fraction of sp³-hybridized carbons (Fsp3) is 0.400. The summed E-state index contributed by atoms with van der Waals surface area (Å²) in [5, 5.41) is 0. The molecule has 7 heteroatoms. The molecule has 0 fully saturated rings. The Labute approximate surface area is 105 Å². The molecule has 0 saturated heterocycles. The molecule has 84 valence electrons. The Balaban J connectivity index is 2.10. The van der Waals surface area contributed by atoms with E-state index in [-0.39, 0.29) is 6.04 Å². The second-order valence-corrected chi connectivity index (χ2v) is 5.69. The average molecular weight is 224 g/mol. The van der Waals surface area contributed by atoms with Crippen molar-refractivity contribution in [2.24, 2.45) is 5.73 Å². The lowest BCUT2D eigenvalue weighted by atomic mass is 9.74. The molecule has 0 saturated carbocycles. The summed E-state index contributed by atoms with van der Waals surface area (Å²) in [6.07, 6.45) is 0. The Kier molecular flexibility index (Phi) is 2.15. The van der Waals surface area contributed by atoms with Crippen molar-refractivity contribution in [3.63, 3.8) is 0 Å². The summed E-state index contributed by atoms with van der Waals surface area (Å²) in [4.78, 5) is 0. The second kappa shape index (κ2) is 3.29. The molecule has 0 radical (unpaired) electrons. The zero-order valence-electron chi connectivity index (χ0n) is 10.8. The highest BCUT2D eigenvalue weighted by Crippen LogP contribution is 2.46. The molecule has 0 bridgehead atoms. The third-order valence-corrected chi connectivity index (χ3v) is 4.00. The predicted octanol–water partition coefficient (Wildman–Crippen LogP) is -2.98. The molecular formula is C10H15B4NO2. The first-order valence-corrected chi connectivity index (χ1v) is 6.20. The minimum absolute atomic E-state index is 0.195. The van der Waals surface area contributed by atoms with Crippen LogP contribution >= 0.6 is 0 Å². The largest absolute Gasteiger partial charge is 0.467 e. The van der Waals surface area contributed by atoms with Crippen LogP contribution in [0.4, 0.5) is 0 Å². The average Bonchev–Trinajstić information content (AvgIpc) is 2.65. The van der Waals surface area contributed by atoms with Crippen molar-refractivity contribution < 1.29 is 9.47 Å². The molecule has 2 N–H and O–H groups in total. The lowest BCUT2D eigenvalue weighted by Crippen LogP contribution is -2.39. The number of nitrogens with two attached hydrogens (primary N) is 1. The van der Waals surface area contributed by atoms with E-state index < -0.39 is 5.59 Å². The minimum atomic E-state index is -0.550. The number of fused-ring (bicyclic) bond motifs is 2. The molecule has 3 rings (SSSR count). The SMILES string of the molecule is BC1c2cc3c(cc2C(B)C1N)OC(B)(B)O3. The molecule has 2 aliphatic rings. The van der Waals surface area contributed by atoms with E-state index in [9.17, 15) is 0 Å². The second-order valence-electron chi connectivity index (χ2n) is 5.69. The molecule has 1 heterocycles.